The van der Waals surface area contributed by atoms with Gasteiger partial charge in [0.05, 0.1) is 0 Å². The monoisotopic (exact) mass is 142 g/mol. The molecule has 0 spiro atoms. The summed E-state index contributed by atoms with van der Waals surface area (Å²) >= 11 is 0. The van der Waals surface area contributed by atoms with Gasteiger partial charge in [0.2, 0.25) is 5.91 Å². The molecule has 1 amide bonds. The van der Waals surface area contributed by atoms with Crippen LogP contribution in [0.5, 0.6) is 0 Å². The fourth-order valence-corrected chi connectivity index (χ4v) is 0.991. The zero-order valence-corrected chi connectivity index (χ0v) is 5.84. The first-order valence-electron chi connectivity index (χ1n) is 3.38. The molecule has 1 heterocycles. The van der Waals surface area contributed by atoms with Gasteiger partial charge in [-0.3, -0.25) is 9.69 Å². The number of rotatable bonds is 2. The molecule has 0 unspecified atom stereocenters. The summed E-state index contributed by atoms with van der Waals surface area (Å²) in [5.74, 6) is -0.359. The number of nitrogens with two attached hydrogens (primary N) is 1. The fourth-order valence-electron chi connectivity index (χ4n) is 0.991. The Kier molecular flexibility index (Phi) is 2.65. The van der Waals surface area contributed by atoms with Crippen LogP contribution in [-0.2, 0) is 4.79 Å². The third-order valence-corrected chi connectivity index (χ3v) is 1.46. The smallest absolute Gasteiger partial charge is 0.236 e. The molecule has 4 nitrogen and oxygen atoms in total. The Bertz CT molecular complexity index is 120. The number of hydrogen-bond donors (Lipinski definition) is 2. The quantitative estimate of drug-likeness (QED) is 0.495. The summed E-state index contributed by atoms with van der Waals surface area (Å²) in [4.78, 5) is 12.3. The molecule has 3 N–H and O–H groups in total. The number of carbonyl (C=O) groups excluding carboxylic acids is 1. The largest absolute Gasteiger partial charge is 0.368 e. The predicted molar refractivity (Wildman–Crippen MR) is 37.9 cm³/mol. The molecule has 0 aromatic carbocycles. The second kappa shape index (κ2) is 3.53. The molecule has 1 fully saturated rings. The van der Waals surface area contributed by atoms with Crippen LogP contribution in [0, 0.1) is 6.54 Å². The van der Waals surface area contributed by atoms with E-state index in [-0.39, 0.29) is 5.91 Å². The van der Waals surface area contributed by atoms with Crippen LogP contribution in [0.1, 0.15) is 0 Å². The van der Waals surface area contributed by atoms with Crippen molar-refractivity contribution < 1.29 is 4.79 Å². The summed E-state index contributed by atoms with van der Waals surface area (Å²) < 4.78 is 0. The van der Waals surface area contributed by atoms with Crippen molar-refractivity contribution in [3.63, 3.8) is 0 Å². The third-order valence-electron chi connectivity index (χ3n) is 1.46. The number of nitrogens with zero attached hydrogens (tertiary/aromatic N) is 1. The van der Waals surface area contributed by atoms with Crippen molar-refractivity contribution in [2.45, 2.75) is 0 Å². The highest BCUT2D eigenvalue weighted by atomic mass is 16.1. The van der Waals surface area contributed by atoms with Crippen LogP contribution in [0.25, 0.3) is 0 Å². The molecule has 0 atom stereocenters. The molecule has 1 saturated heterocycles. The van der Waals surface area contributed by atoms with E-state index in [9.17, 15) is 4.79 Å². The van der Waals surface area contributed by atoms with Crippen LogP contribution in [0.2, 0.25) is 0 Å². The Morgan fingerprint density at radius 3 is 2.60 bits per heavy atom. The molecule has 10 heavy (non-hydrogen) atoms. The lowest BCUT2D eigenvalue weighted by Crippen LogP contribution is -2.44. The van der Waals surface area contributed by atoms with Crippen LogP contribution in [0.3, 0.4) is 0 Å². The van der Waals surface area contributed by atoms with E-state index in [1.54, 1.807) is 0 Å². The standard InChI is InChI=1S/C6H12N3O/c7-6(10)5-9-3-1-8-2-4-9/h5,8H,1-4H2,(H2,7,10). The normalized spacial score (nSPS) is 20.8. The van der Waals surface area contributed by atoms with E-state index >= 15 is 0 Å². The number of nitrogens with one attached hydrogen (secondary N) is 1. The molecular weight excluding hydrogens is 130 g/mol. The van der Waals surface area contributed by atoms with Gasteiger partial charge in [-0.2, -0.15) is 0 Å². The van der Waals surface area contributed by atoms with Gasteiger partial charge in [-0.1, -0.05) is 0 Å². The summed E-state index contributed by atoms with van der Waals surface area (Å²) in [5.41, 5.74) is 4.97. The predicted octanol–water partition coefficient (Wildman–Crippen LogP) is -1.46. The Morgan fingerprint density at radius 2 is 2.10 bits per heavy atom. The van der Waals surface area contributed by atoms with Gasteiger partial charge in [0.25, 0.3) is 0 Å². The molecule has 0 bridgehead atoms. The molecular formula is C6H12N3O. The van der Waals surface area contributed by atoms with Crippen LogP contribution in [-0.4, -0.2) is 37.0 Å². The van der Waals surface area contributed by atoms with E-state index in [1.165, 1.54) is 6.54 Å². The molecule has 0 saturated carbocycles. The lowest BCUT2D eigenvalue weighted by Gasteiger charge is -2.24. The van der Waals surface area contributed by atoms with Gasteiger partial charge in [-0.15, -0.1) is 0 Å². The highest BCUT2D eigenvalue weighted by Crippen LogP contribution is 1.93. The molecule has 1 rings (SSSR count). The van der Waals surface area contributed by atoms with Crippen molar-refractivity contribution in [3.05, 3.63) is 6.54 Å². The van der Waals surface area contributed by atoms with Gasteiger partial charge < -0.3 is 11.1 Å². The first kappa shape index (κ1) is 7.50. The maximum atomic E-state index is 10.4. The number of carbonyl (C=O) groups is 1. The number of hydrogen-bond acceptors (Lipinski definition) is 3. The van der Waals surface area contributed by atoms with E-state index in [2.05, 4.69) is 5.32 Å². The third kappa shape index (κ3) is 2.33. The Balaban J connectivity index is 2.19. The van der Waals surface area contributed by atoms with Crippen molar-refractivity contribution >= 4 is 5.91 Å². The highest BCUT2D eigenvalue weighted by Gasteiger charge is 2.11. The van der Waals surface area contributed by atoms with Crippen LogP contribution >= 0.6 is 0 Å². The average Bonchev–Trinajstić information content (AvgIpc) is 1.88. The molecule has 4 heteroatoms. The first-order chi connectivity index (χ1) is 4.79. The summed E-state index contributed by atoms with van der Waals surface area (Å²) in [6.07, 6.45) is 0. The molecule has 0 aliphatic carbocycles. The van der Waals surface area contributed by atoms with Gasteiger partial charge >= 0.3 is 0 Å². The number of amides is 1. The highest BCUT2D eigenvalue weighted by molar-refractivity contribution is 5.82. The second-order valence-corrected chi connectivity index (χ2v) is 2.32. The van der Waals surface area contributed by atoms with Crippen molar-refractivity contribution in [3.8, 4) is 0 Å². The van der Waals surface area contributed by atoms with Gasteiger partial charge in [0.1, 0.15) is 6.54 Å². The van der Waals surface area contributed by atoms with E-state index < -0.39 is 0 Å². The van der Waals surface area contributed by atoms with Gasteiger partial charge in [0.15, 0.2) is 0 Å². The lowest BCUT2D eigenvalue weighted by atomic mass is 10.3. The summed E-state index contributed by atoms with van der Waals surface area (Å²) in [6.45, 7) is 5.08. The maximum Gasteiger partial charge on any atom is 0.236 e. The summed E-state index contributed by atoms with van der Waals surface area (Å²) in [5, 5.41) is 3.17. The maximum absolute atomic E-state index is 10.4. The minimum atomic E-state index is -0.359. The number of primary amides is 1. The molecule has 1 radical (unpaired) electrons. The van der Waals surface area contributed by atoms with Crippen LogP contribution in [0.4, 0.5) is 0 Å². The Morgan fingerprint density at radius 1 is 1.50 bits per heavy atom. The Hall–Kier alpha value is -0.610. The molecule has 1 aliphatic heterocycles. The van der Waals surface area contributed by atoms with E-state index in [0.717, 1.165) is 26.2 Å². The average molecular weight is 142 g/mol. The van der Waals surface area contributed by atoms with Gasteiger partial charge in [-0.05, 0) is 0 Å². The number of piperazine rings is 1. The first-order valence-corrected chi connectivity index (χ1v) is 3.38. The zero-order valence-electron chi connectivity index (χ0n) is 5.84. The van der Waals surface area contributed by atoms with Crippen molar-refractivity contribution in [1.29, 1.82) is 0 Å². The SMILES string of the molecule is NC(=O)[CH]N1CCNCC1. The molecule has 0 aromatic rings. The minimum absolute atomic E-state index is 0.359. The van der Waals surface area contributed by atoms with E-state index in [1.807, 2.05) is 4.90 Å². The molecule has 57 valence electrons. The second-order valence-electron chi connectivity index (χ2n) is 2.32. The fraction of sp³-hybridized carbons (Fsp3) is 0.667. The van der Waals surface area contributed by atoms with Gasteiger partial charge in [0, 0.05) is 26.2 Å². The zero-order chi connectivity index (χ0) is 7.40. The van der Waals surface area contributed by atoms with Crippen LogP contribution in [0.15, 0.2) is 0 Å². The topological polar surface area (TPSA) is 58.4 Å². The van der Waals surface area contributed by atoms with Gasteiger partial charge in [-0.25, -0.2) is 0 Å². The van der Waals surface area contributed by atoms with E-state index in [4.69, 9.17) is 5.73 Å². The van der Waals surface area contributed by atoms with E-state index in [0.29, 0.717) is 0 Å². The molecule has 0 aromatic heterocycles. The lowest BCUT2D eigenvalue weighted by molar-refractivity contribution is -0.116. The summed E-state index contributed by atoms with van der Waals surface area (Å²) in [6, 6.07) is 0. The molecule has 1 aliphatic rings. The summed E-state index contributed by atoms with van der Waals surface area (Å²) in [7, 11) is 0. The minimum Gasteiger partial charge on any atom is -0.368 e. The van der Waals surface area contributed by atoms with Crippen LogP contribution < -0.4 is 11.1 Å². The Labute approximate surface area is 60.4 Å². The van der Waals surface area contributed by atoms with Crippen molar-refractivity contribution in [2.75, 3.05) is 26.2 Å². The van der Waals surface area contributed by atoms with Crippen molar-refractivity contribution in [1.82, 2.24) is 10.2 Å². The van der Waals surface area contributed by atoms with Crippen molar-refractivity contribution in [2.24, 2.45) is 5.73 Å².